The summed E-state index contributed by atoms with van der Waals surface area (Å²) >= 11 is 0. The second kappa shape index (κ2) is 7.78. The number of halogens is 3. The van der Waals surface area contributed by atoms with E-state index in [4.69, 9.17) is 11.0 Å². The number of nitriles is 1. The summed E-state index contributed by atoms with van der Waals surface area (Å²) in [5, 5.41) is 11.1. The number of benzene rings is 2. The summed E-state index contributed by atoms with van der Waals surface area (Å²) in [6.07, 6.45) is -4.97. The molecule has 0 saturated carbocycles. The lowest BCUT2D eigenvalue weighted by Crippen LogP contribution is -2.17. The number of methoxy groups -OCH3 is 1. The maximum absolute atomic E-state index is 13.0. The lowest BCUT2D eigenvalue weighted by molar-refractivity contribution is -0.137. The SMILES string of the molecule is COC(=O)c1cccc(CC(=O)Nc2cc(C(F)(F)F)c(C#N)cc2N)c1. The third-order valence-corrected chi connectivity index (χ3v) is 3.60. The predicted molar refractivity (Wildman–Crippen MR) is 90.7 cm³/mol. The van der Waals surface area contributed by atoms with E-state index in [9.17, 15) is 22.8 Å². The van der Waals surface area contributed by atoms with Crippen molar-refractivity contribution in [2.24, 2.45) is 0 Å². The molecule has 27 heavy (non-hydrogen) atoms. The third-order valence-electron chi connectivity index (χ3n) is 3.60. The van der Waals surface area contributed by atoms with Crippen molar-refractivity contribution in [2.45, 2.75) is 12.6 Å². The number of carbonyl (C=O) groups excluding carboxylic acids is 2. The van der Waals surface area contributed by atoms with Crippen molar-refractivity contribution in [1.82, 2.24) is 0 Å². The summed E-state index contributed by atoms with van der Waals surface area (Å²) in [5.41, 5.74) is 4.08. The Bertz CT molecular complexity index is 934. The fraction of sp³-hybridized carbons (Fsp3) is 0.167. The van der Waals surface area contributed by atoms with E-state index < -0.39 is 29.2 Å². The number of carbonyl (C=O) groups is 2. The average molecular weight is 377 g/mol. The average Bonchev–Trinajstić information content (AvgIpc) is 2.61. The number of rotatable bonds is 4. The Morgan fingerprint density at radius 2 is 1.96 bits per heavy atom. The van der Waals surface area contributed by atoms with Gasteiger partial charge in [-0.05, 0) is 29.8 Å². The van der Waals surface area contributed by atoms with Gasteiger partial charge < -0.3 is 15.8 Å². The van der Waals surface area contributed by atoms with Gasteiger partial charge in [0.05, 0.1) is 47.7 Å². The van der Waals surface area contributed by atoms with Gasteiger partial charge >= 0.3 is 12.1 Å². The zero-order chi connectivity index (χ0) is 20.2. The number of alkyl halides is 3. The highest BCUT2D eigenvalue weighted by atomic mass is 19.4. The first-order valence-electron chi connectivity index (χ1n) is 7.53. The molecule has 0 atom stereocenters. The maximum Gasteiger partial charge on any atom is 0.417 e. The minimum absolute atomic E-state index is 0.170. The number of nitrogens with one attached hydrogen (secondary N) is 1. The van der Waals surface area contributed by atoms with E-state index in [1.54, 1.807) is 12.1 Å². The molecule has 0 spiro atoms. The summed E-state index contributed by atoms with van der Waals surface area (Å²) in [5.74, 6) is -1.22. The Labute approximate surface area is 152 Å². The number of nitrogen functional groups attached to an aromatic ring is 1. The van der Waals surface area contributed by atoms with Crippen molar-refractivity contribution in [3.63, 3.8) is 0 Å². The van der Waals surface area contributed by atoms with E-state index >= 15 is 0 Å². The van der Waals surface area contributed by atoms with Gasteiger partial charge in [0, 0.05) is 0 Å². The van der Waals surface area contributed by atoms with Crippen LogP contribution in [0.3, 0.4) is 0 Å². The van der Waals surface area contributed by atoms with Gasteiger partial charge in [-0.2, -0.15) is 18.4 Å². The first kappa shape index (κ1) is 19.8. The lowest BCUT2D eigenvalue weighted by atomic mass is 10.0. The van der Waals surface area contributed by atoms with E-state index in [0.29, 0.717) is 11.6 Å². The molecular formula is C18H14F3N3O3. The van der Waals surface area contributed by atoms with E-state index in [-0.39, 0.29) is 23.4 Å². The topological polar surface area (TPSA) is 105 Å². The number of hydrogen-bond acceptors (Lipinski definition) is 5. The molecule has 6 nitrogen and oxygen atoms in total. The molecule has 0 radical (unpaired) electrons. The summed E-state index contributed by atoms with van der Waals surface area (Å²) in [4.78, 5) is 23.7. The molecule has 2 aromatic carbocycles. The normalized spacial score (nSPS) is 10.8. The Hall–Kier alpha value is -3.54. The molecular weight excluding hydrogens is 363 g/mol. The monoisotopic (exact) mass is 377 g/mol. The molecule has 140 valence electrons. The number of hydrogen-bond donors (Lipinski definition) is 2. The van der Waals surface area contributed by atoms with Crippen LogP contribution in [0.5, 0.6) is 0 Å². The lowest BCUT2D eigenvalue weighted by Gasteiger charge is -2.14. The fourth-order valence-corrected chi connectivity index (χ4v) is 2.36. The molecule has 0 aliphatic carbocycles. The number of esters is 1. The Morgan fingerprint density at radius 1 is 1.26 bits per heavy atom. The highest BCUT2D eigenvalue weighted by molar-refractivity contribution is 5.96. The van der Waals surface area contributed by atoms with Gasteiger partial charge in [0.15, 0.2) is 0 Å². The molecule has 0 aliphatic heterocycles. The van der Waals surface area contributed by atoms with Crippen LogP contribution in [0.15, 0.2) is 36.4 Å². The van der Waals surface area contributed by atoms with Crippen molar-refractivity contribution >= 4 is 23.3 Å². The van der Waals surface area contributed by atoms with Gasteiger partial charge in [-0.25, -0.2) is 4.79 Å². The van der Waals surface area contributed by atoms with E-state index in [0.717, 1.165) is 6.07 Å². The Kier molecular flexibility index (Phi) is 5.70. The number of ether oxygens (including phenoxy) is 1. The molecule has 0 heterocycles. The molecule has 0 aliphatic rings. The van der Waals surface area contributed by atoms with E-state index in [2.05, 4.69) is 10.1 Å². The number of anilines is 2. The summed E-state index contributed by atoms with van der Waals surface area (Å²) in [7, 11) is 1.22. The molecule has 2 rings (SSSR count). The largest absolute Gasteiger partial charge is 0.465 e. The van der Waals surface area contributed by atoms with Crippen molar-refractivity contribution in [3.8, 4) is 6.07 Å². The highest BCUT2D eigenvalue weighted by Gasteiger charge is 2.34. The standard InChI is InChI=1S/C18H14F3N3O3/c1-27-17(26)11-4-2-3-10(5-11)6-16(25)24-15-8-13(18(19,20)21)12(9-22)7-14(15)23/h2-5,7-8H,6,23H2,1H3,(H,24,25). The first-order valence-corrected chi connectivity index (χ1v) is 7.53. The predicted octanol–water partition coefficient (Wildman–Crippen LogP) is 3.13. The van der Waals surface area contributed by atoms with Crippen molar-refractivity contribution in [2.75, 3.05) is 18.2 Å². The zero-order valence-electron chi connectivity index (χ0n) is 14.1. The van der Waals surface area contributed by atoms with Gasteiger partial charge in [0.2, 0.25) is 5.91 Å². The summed E-state index contributed by atoms with van der Waals surface area (Å²) in [6.45, 7) is 0. The quantitative estimate of drug-likeness (QED) is 0.629. The second-order valence-electron chi connectivity index (χ2n) is 5.51. The number of nitrogens with two attached hydrogens (primary N) is 1. The van der Waals surface area contributed by atoms with Crippen LogP contribution < -0.4 is 11.1 Å². The van der Waals surface area contributed by atoms with Crippen molar-refractivity contribution in [1.29, 1.82) is 5.26 Å². The van der Waals surface area contributed by atoms with E-state index in [1.807, 2.05) is 0 Å². The Morgan fingerprint density at radius 3 is 2.56 bits per heavy atom. The van der Waals surface area contributed by atoms with Crippen LogP contribution >= 0.6 is 0 Å². The molecule has 2 aromatic rings. The van der Waals surface area contributed by atoms with Crippen molar-refractivity contribution in [3.05, 3.63) is 58.7 Å². The van der Waals surface area contributed by atoms with Gasteiger partial charge in [-0.3, -0.25) is 4.79 Å². The molecule has 0 unspecified atom stereocenters. The summed E-state index contributed by atoms with van der Waals surface area (Å²) in [6, 6.07) is 8.98. The molecule has 0 saturated heterocycles. The van der Waals surface area contributed by atoms with Gasteiger partial charge in [0.25, 0.3) is 0 Å². The van der Waals surface area contributed by atoms with Gasteiger partial charge in [0.1, 0.15) is 0 Å². The van der Waals surface area contributed by atoms with Crippen LogP contribution in [0.4, 0.5) is 24.5 Å². The first-order chi connectivity index (χ1) is 12.7. The molecule has 1 amide bonds. The second-order valence-corrected chi connectivity index (χ2v) is 5.51. The van der Waals surface area contributed by atoms with Crippen molar-refractivity contribution < 1.29 is 27.5 Å². The molecule has 0 bridgehead atoms. The van der Waals surface area contributed by atoms with Crippen LogP contribution in [0.1, 0.15) is 27.0 Å². The minimum atomic E-state index is -4.77. The van der Waals surface area contributed by atoms with Crippen LogP contribution in [0.2, 0.25) is 0 Å². The third kappa shape index (κ3) is 4.76. The highest BCUT2D eigenvalue weighted by Crippen LogP contribution is 2.36. The minimum Gasteiger partial charge on any atom is -0.465 e. The van der Waals surface area contributed by atoms with Crippen LogP contribution in [0.25, 0.3) is 0 Å². The molecule has 9 heteroatoms. The smallest absolute Gasteiger partial charge is 0.417 e. The molecule has 3 N–H and O–H groups in total. The Balaban J connectivity index is 2.24. The fourth-order valence-electron chi connectivity index (χ4n) is 2.36. The van der Waals surface area contributed by atoms with Crippen LogP contribution in [0, 0.1) is 11.3 Å². The molecule has 0 aromatic heterocycles. The van der Waals surface area contributed by atoms with E-state index in [1.165, 1.54) is 25.3 Å². The maximum atomic E-state index is 13.0. The number of nitrogens with zero attached hydrogens (tertiary/aromatic N) is 1. The van der Waals surface area contributed by atoms with Crippen LogP contribution in [-0.2, 0) is 22.1 Å². The van der Waals surface area contributed by atoms with Gasteiger partial charge in [-0.1, -0.05) is 12.1 Å². The summed E-state index contributed by atoms with van der Waals surface area (Å²) < 4.78 is 43.7. The van der Waals surface area contributed by atoms with Gasteiger partial charge in [-0.15, -0.1) is 0 Å². The number of amides is 1. The zero-order valence-corrected chi connectivity index (χ0v) is 14.1. The molecule has 0 fully saturated rings. The van der Waals surface area contributed by atoms with Crippen LogP contribution in [-0.4, -0.2) is 19.0 Å².